The van der Waals surface area contributed by atoms with E-state index >= 15 is 0 Å². The van der Waals surface area contributed by atoms with E-state index in [0.717, 1.165) is 11.8 Å². The highest BCUT2D eigenvalue weighted by atomic mass is 32.2. The van der Waals surface area contributed by atoms with Gasteiger partial charge in [-0.25, -0.2) is 8.42 Å². The summed E-state index contributed by atoms with van der Waals surface area (Å²) in [7, 11) is -3.97. The molecular weight excluding hydrogens is 454 g/mol. The second-order valence-corrected chi connectivity index (χ2v) is 9.02. The molecule has 0 unspecified atom stereocenters. The van der Waals surface area contributed by atoms with E-state index in [1.54, 1.807) is 12.1 Å². The number of hydrogen-bond donors (Lipinski definition) is 1. The Morgan fingerprint density at radius 1 is 0.727 bits per heavy atom. The molecule has 0 aliphatic rings. The lowest BCUT2D eigenvalue weighted by atomic mass is 10.1. The van der Waals surface area contributed by atoms with Crippen molar-refractivity contribution >= 4 is 28.9 Å². The van der Waals surface area contributed by atoms with Gasteiger partial charge in [-0.1, -0.05) is 17.7 Å². The van der Waals surface area contributed by atoms with Crippen molar-refractivity contribution in [1.82, 2.24) is 4.72 Å². The van der Waals surface area contributed by atoms with Gasteiger partial charge in [-0.15, -0.1) is 0 Å². The molecule has 0 bridgehead atoms. The van der Waals surface area contributed by atoms with Gasteiger partial charge in [0, 0.05) is 19.3 Å². The molecule has 0 spiro atoms. The van der Waals surface area contributed by atoms with Gasteiger partial charge in [-0.3, -0.25) is 0 Å². The minimum absolute atomic E-state index is 0.0652. The van der Waals surface area contributed by atoms with Gasteiger partial charge in [0.25, 0.3) is 0 Å². The summed E-state index contributed by atoms with van der Waals surface area (Å²) < 4.78 is 50.8. The first-order valence-corrected chi connectivity index (χ1v) is 12.1. The zero-order valence-electron chi connectivity index (χ0n) is 18.9. The smallest absolute Gasteiger partial charge is 0.241 e. The van der Waals surface area contributed by atoms with Crippen LogP contribution in [0.4, 0.5) is 0 Å². The number of aryl methyl sites for hydroxylation is 1. The molecule has 186 valence electrons. The van der Waals surface area contributed by atoms with E-state index in [-0.39, 0.29) is 77.0 Å². The van der Waals surface area contributed by atoms with Crippen LogP contribution in [0.25, 0.3) is 0 Å². The summed E-state index contributed by atoms with van der Waals surface area (Å²) in [5.41, 5.74) is -0.411. The molecule has 0 heterocycles. The van der Waals surface area contributed by atoms with Gasteiger partial charge >= 0.3 is 0 Å². The molecule has 0 aliphatic heterocycles. The fourth-order valence-corrected chi connectivity index (χ4v) is 4.05. The standard InChI is InChI=1S/C22H33NO9S/c1-20-5-7-21(8-6-20)33(27,28)23-22(17-30-13-3-10-25,18-31-14-4-11-26)19-32-16-15-29-12-2-9-24/h5-11,23H,2-4,12-19H2,1H3. The summed E-state index contributed by atoms with van der Waals surface area (Å²) in [6.45, 7) is 2.31. The SMILES string of the molecule is Cc1ccc(S(=O)(=O)NC(COCCC=O)(COCCC=O)COCCOCCC=O)cc1. The number of ether oxygens (including phenoxy) is 4. The normalized spacial score (nSPS) is 11.9. The Morgan fingerprint density at radius 3 is 1.64 bits per heavy atom. The second-order valence-electron chi connectivity index (χ2n) is 7.34. The molecule has 11 heteroatoms. The number of rotatable bonds is 21. The first-order chi connectivity index (χ1) is 15.9. The van der Waals surface area contributed by atoms with Crippen LogP contribution in [0.5, 0.6) is 0 Å². The third-order valence-corrected chi connectivity index (χ3v) is 5.92. The van der Waals surface area contributed by atoms with E-state index in [2.05, 4.69) is 4.72 Å². The van der Waals surface area contributed by atoms with E-state index in [9.17, 15) is 22.8 Å². The molecule has 0 radical (unpaired) electrons. The van der Waals surface area contributed by atoms with Crippen molar-refractivity contribution in [3.05, 3.63) is 29.8 Å². The lowest BCUT2D eigenvalue weighted by Crippen LogP contribution is -2.58. The van der Waals surface area contributed by atoms with Crippen molar-refractivity contribution in [1.29, 1.82) is 0 Å². The Balaban J connectivity index is 2.98. The number of hydrogen-bond acceptors (Lipinski definition) is 9. The molecule has 0 fully saturated rings. The van der Waals surface area contributed by atoms with Crippen LogP contribution in [0, 0.1) is 6.92 Å². The number of carbonyl (C=O) groups is 3. The molecule has 1 N–H and O–H groups in total. The highest BCUT2D eigenvalue weighted by Crippen LogP contribution is 2.17. The Bertz CT molecular complexity index is 781. The maximum Gasteiger partial charge on any atom is 0.241 e. The summed E-state index contributed by atoms with van der Waals surface area (Å²) >= 11 is 0. The number of nitrogens with one attached hydrogen (secondary N) is 1. The monoisotopic (exact) mass is 487 g/mol. The molecule has 0 saturated carbocycles. The van der Waals surface area contributed by atoms with Crippen LogP contribution in [0.3, 0.4) is 0 Å². The van der Waals surface area contributed by atoms with E-state index in [1.165, 1.54) is 12.1 Å². The molecule has 0 atom stereocenters. The van der Waals surface area contributed by atoms with Gasteiger partial charge < -0.3 is 33.3 Å². The number of aldehydes is 3. The van der Waals surface area contributed by atoms with Crippen LogP contribution in [0.2, 0.25) is 0 Å². The summed E-state index contributed by atoms with van der Waals surface area (Å²) in [6, 6.07) is 6.35. The van der Waals surface area contributed by atoms with Crippen molar-refractivity contribution in [3.8, 4) is 0 Å². The van der Waals surface area contributed by atoms with Crippen molar-refractivity contribution in [2.45, 2.75) is 36.6 Å². The van der Waals surface area contributed by atoms with E-state index < -0.39 is 15.6 Å². The maximum atomic E-state index is 13.1. The summed E-state index contributed by atoms with van der Waals surface area (Å²) in [4.78, 5) is 31.7. The molecule has 10 nitrogen and oxygen atoms in total. The predicted molar refractivity (Wildman–Crippen MR) is 120 cm³/mol. The first kappa shape index (κ1) is 29.0. The minimum Gasteiger partial charge on any atom is -0.379 e. The first-order valence-electron chi connectivity index (χ1n) is 10.6. The Labute approximate surface area is 195 Å². The predicted octanol–water partition coefficient (Wildman–Crippen LogP) is 0.846. The van der Waals surface area contributed by atoms with Crippen molar-refractivity contribution < 1.29 is 41.7 Å². The molecule has 1 aromatic carbocycles. The van der Waals surface area contributed by atoms with Crippen LogP contribution in [-0.4, -0.2) is 85.7 Å². The molecular formula is C22H33NO9S. The average molecular weight is 488 g/mol. The largest absolute Gasteiger partial charge is 0.379 e. The topological polar surface area (TPSA) is 134 Å². The highest BCUT2D eigenvalue weighted by molar-refractivity contribution is 7.89. The summed E-state index contributed by atoms with van der Waals surface area (Å²) in [5.74, 6) is 0. The maximum absolute atomic E-state index is 13.1. The van der Waals surface area contributed by atoms with Crippen molar-refractivity contribution in [2.75, 3.05) is 52.9 Å². The van der Waals surface area contributed by atoms with Crippen LogP contribution in [0.1, 0.15) is 24.8 Å². The number of carbonyl (C=O) groups excluding carboxylic acids is 3. The molecule has 1 aromatic rings. The van der Waals surface area contributed by atoms with Gasteiger partial charge in [-0.2, -0.15) is 4.72 Å². The Kier molecular flexibility index (Phi) is 14.6. The Morgan fingerprint density at radius 2 is 1.15 bits per heavy atom. The van der Waals surface area contributed by atoms with Gasteiger partial charge in [0.2, 0.25) is 10.0 Å². The highest BCUT2D eigenvalue weighted by Gasteiger charge is 2.37. The zero-order valence-corrected chi connectivity index (χ0v) is 19.7. The van der Waals surface area contributed by atoms with Gasteiger partial charge in [0.1, 0.15) is 24.4 Å². The molecule has 0 saturated heterocycles. The minimum atomic E-state index is -3.97. The summed E-state index contributed by atoms with van der Waals surface area (Å²) in [6.07, 6.45) is 2.72. The molecule has 0 aromatic heterocycles. The lowest BCUT2D eigenvalue weighted by Gasteiger charge is -2.33. The average Bonchev–Trinajstić information content (AvgIpc) is 2.79. The molecule has 1 rings (SSSR count). The summed E-state index contributed by atoms with van der Waals surface area (Å²) in [5, 5.41) is 0. The Hall–Kier alpha value is -2.02. The van der Waals surface area contributed by atoms with E-state index in [4.69, 9.17) is 18.9 Å². The van der Waals surface area contributed by atoms with Gasteiger partial charge in [0.05, 0.1) is 57.8 Å². The fraction of sp³-hybridized carbons (Fsp3) is 0.591. The molecule has 0 aliphatic carbocycles. The number of sulfonamides is 1. The van der Waals surface area contributed by atoms with Crippen LogP contribution in [0.15, 0.2) is 29.2 Å². The van der Waals surface area contributed by atoms with Crippen molar-refractivity contribution in [3.63, 3.8) is 0 Å². The molecule has 33 heavy (non-hydrogen) atoms. The lowest BCUT2D eigenvalue weighted by molar-refractivity contribution is -0.110. The van der Waals surface area contributed by atoms with Crippen LogP contribution >= 0.6 is 0 Å². The van der Waals surface area contributed by atoms with Gasteiger partial charge in [0.15, 0.2) is 0 Å². The van der Waals surface area contributed by atoms with Crippen molar-refractivity contribution in [2.24, 2.45) is 0 Å². The third-order valence-electron chi connectivity index (χ3n) is 4.33. The van der Waals surface area contributed by atoms with E-state index in [0.29, 0.717) is 12.6 Å². The number of benzene rings is 1. The third kappa shape index (κ3) is 12.1. The van der Waals surface area contributed by atoms with Crippen LogP contribution < -0.4 is 4.72 Å². The van der Waals surface area contributed by atoms with Gasteiger partial charge in [-0.05, 0) is 19.1 Å². The van der Waals surface area contributed by atoms with E-state index in [1.807, 2.05) is 6.92 Å². The van der Waals surface area contributed by atoms with Crippen LogP contribution in [-0.2, 0) is 43.4 Å². The zero-order chi connectivity index (χ0) is 24.4. The molecule has 0 amide bonds. The second kappa shape index (κ2) is 16.6. The fourth-order valence-electron chi connectivity index (χ4n) is 2.69. The quantitative estimate of drug-likeness (QED) is 0.198.